The monoisotopic (exact) mass is 328 g/mol. The molecule has 1 aromatic carbocycles. The highest BCUT2D eigenvalue weighted by Gasteiger charge is 2.43. The predicted molar refractivity (Wildman–Crippen MR) is 79.8 cm³/mol. The Labute approximate surface area is 132 Å². The Hall–Kier alpha value is -1.14. The summed E-state index contributed by atoms with van der Waals surface area (Å²) in [6, 6.07) is 4.32. The van der Waals surface area contributed by atoms with Gasteiger partial charge in [-0.2, -0.15) is 0 Å². The molecular weight excluding hydrogens is 315 g/mol. The summed E-state index contributed by atoms with van der Waals surface area (Å²) in [4.78, 5) is 28.0. The molecule has 0 N–H and O–H groups in total. The molecule has 0 unspecified atom stereocenters. The molecule has 2 amide bonds. The first-order valence-electron chi connectivity index (χ1n) is 6.71. The lowest BCUT2D eigenvalue weighted by Crippen LogP contribution is -2.47. The third-order valence-electron chi connectivity index (χ3n) is 3.76. The summed E-state index contributed by atoms with van der Waals surface area (Å²) < 4.78 is 5.28. The molecule has 5 nitrogen and oxygen atoms in total. The number of ether oxygens (including phenoxy) is 1. The summed E-state index contributed by atoms with van der Waals surface area (Å²) in [6.07, 6.45) is 0.178. The van der Waals surface area contributed by atoms with Crippen LogP contribution in [0.1, 0.15) is 6.42 Å². The van der Waals surface area contributed by atoms with Crippen LogP contribution in [0, 0.1) is 0 Å². The van der Waals surface area contributed by atoms with Crippen molar-refractivity contribution in [2.75, 3.05) is 31.2 Å². The number of imide groups is 1. The molecule has 0 radical (unpaired) electrons. The van der Waals surface area contributed by atoms with E-state index in [1.165, 1.54) is 11.0 Å². The molecule has 2 aliphatic heterocycles. The third kappa shape index (κ3) is 2.79. The number of amides is 2. The van der Waals surface area contributed by atoms with E-state index in [-0.39, 0.29) is 18.2 Å². The standard InChI is InChI=1S/C14H14Cl2N2O3/c15-9-1-2-11(10(16)7-9)18-13(19)8-12(14(18)20)17-3-5-21-6-4-17/h1-2,7,12H,3-6,8H2/t12-/m1/s1. The number of hydrogen-bond acceptors (Lipinski definition) is 4. The molecule has 21 heavy (non-hydrogen) atoms. The Kier molecular flexibility index (Phi) is 4.17. The first-order valence-corrected chi connectivity index (χ1v) is 7.47. The van der Waals surface area contributed by atoms with Crippen LogP contribution in [0.15, 0.2) is 18.2 Å². The first kappa shape index (κ1) is 14.8. The molecule has 3 rings (SSSR count). The number of halogens is 2. The number of rotatable bonds is 2. The lowest BCUT2D eigenvalue weighted by atomic mass is 10.2. The lowest BCUT2D eigenvalue weighted by Gasteiger charge is -2.30. The first-order chi connectivity index (χ1) is 10.1. The van der Waals surface area contributed by atoms with Gasteiger partial charge < -0.3 is 4.74 Å². The number of carbonyl (C=O) groups excluding carboxylic acids is 2. The van der Waals surface area contributed by atoms with Gasteiger partial charge >= 0.3 is 0 Å². The molecule has 7 heteroatoms. The molecule has 2 fully saturated rings. The van der Waals surface area contributed by atoms with Gasteiger partial charge in [-0.05, 0) is 18.2 Å². The Morgan fingerprint density at radius 2 is 1.86 bits per heavy atom. The van der Waals surface area contributed by atoms with Crippen LogP contribution in [0.25, 0.3) is 0 Å². The minimum atomic E-state index is -0.423. The molecule has 0 bridgehead atoms. The van der Waals surface area contributed by atoms with Gasteiger partial charge in [-0.15, -0.1) is 0 Å². The largest absolute Gasteiger partial charge is 0.379 e. The van der Waals surface area contributed by atoms with E-state index in [2.05, 4.69) is 0 Å². The van der Waals surface area contributed by atoms with Gasteiger partial charge in [-0.3, -0.25) is 14.5 Å². The van der Waals surface area contributed by atoms with Crippen molar-refractivity contribution in [1.82, 2.24) is 4.90 Å². The molecular formula is C14H14Cl2N2O3. The van der Waals surface area contributed by atoms with E-state index in [0.29, 0.717) is 42.0 Å². The molecule has 1 aromatic rings. The van der Waals surface area contributed by atoms with Crippen molar-refractivity contribution >= 4 is 40.7 Å². The van der Waals surface area contributed by atoms with Crippen molar-refractivity contribution in [2.24, 2.45) is 0 Å². The normalized spacial score (nSPS) is 23.9. The molecule has 2 saturated heterocycles. The van der Waals surface area contributed by atoms with Gasteiger partial charge in [0, 0.05) is 18.1 Å². The average Bonchev–Trinajstić information content (AvgIpc) is 2.76. The Balaban J connectivity index is 1.86. The summed E-state index contributed by atoms with van der Waals surface area (Å²) in [5.41, 5.74) is 0.395. The van der Waals surface area contributed by atoms with Gasteiger partial charge in [0.15, 0.2) is 0 Å². The van der Waals surface area contributed by atoms with E-state index >= 15 is 0 Å². The van der Waals surface area contributed by atoms with Gasteiger partial charge in [0.05, 0.1) is 36.4 Å². The van der Waals surface area contributed by atoms with Gasteiger partial charge in [-0.1, -0.05) is 23.2 Å². The van der Waals surface area contributed by atoms with Gasteiger partial charge in [0.1, 0.15) is 0 Å². The number of anilines is 1. The summed E-state index contributed by atoms with van der Waals surface area (Å²) >= 11 is 12.0. The number of hydrogen-bond donors (Lipinski definition) is 0. The van der Waals surface area contributed by atoms with Crippen LogP contribution in [-0.4, -0.2) is 49.1 Å². The zero-order valence-corrected chi connectivity index (χ0v) is 12.7. The number of carbonyl (C=O) groups is 2. The predicted octanol–water partition coefficient (Wildman–Crippen LogP) is 1.96. The van der Waals surface area contributed by atoms with Crippen LogP contribution in [0.2, 0.25) is 10.0 Å². The highest BCUT2D eigenvalue weighted by Crippen LogP contribution is 2.33. The fourth-order valence-electron chi connectivity index (χ4n) is 2.71. The van der Waals surface area contributed by atoms with Crippen LogP contribution in [0.5, 0.6) is 0 Å². The minimum absolute atomic E-state index is 0.178. The van der Waals surface area contributed by atoms with Crippen LogP contribution in [-0.2, 0) is 14.3 Å². The van der Waals surface area contributed by atoms with Crippen molar-refractivity contribution in [2.45, 2.75) is 12.5 Å². The highest BCUT2D eigenvalue weighted by molar-refractivity contribution is 6.38. The smallest absolute Gasteiger partial charge is 0.251 e. The second-order valence-electron chi connectivity index (χ2n) is 5.03. The van der Waals surface area contributed by atoms with Crippen molar-refractivity contribution in [3.8, 4) is 0 Å². The van der Waals surface area contributed by atoms with Crippen LogP contribution in [0.4, 0.5) is 5.69 Å². The topological polar surface area (TPSA) is 49.9 Å². The Bertz CT molecular complexity index is 588. The highest BCUT2D eigenvalue weighted by atomic mass is 35.5. The summed E-state index contributed by atoms with van der Waals surface area (Å²) in [6.45, 7) is 2.48. The van der Waals surface area contributed by atoms with E-state index in [1.807, 2.05) is 4.90 Å². The van der Waals surface area contributed by atoms with Gasteiger partial charge in [0.25, 0.3) is 5.91 Å². The quantitative estimate of drug-likeness (QED) is 0.779. The molecule has 2 aliphatic rings. The fourth-order valence-corrected chi connectivity index (χ4v) is 3.20. The van der Waals surface area contributed by atoms with E-state index in [9.17, 15) is 9.59 Å². The molecule has 112 valence electrons. The minimum Gasteiger partial charge on any atom is -0.379 e. The Morgan fingerprint density at radius 3 is 2.52 bits per heavy atom. The Morgan fingerprint density at radius 1 is 1.14 bits per heavy atom. The molecule has 0 aromatic heterocycles. The van der Waals surface area contributed by atoms with E-state index in [4.69, 9.17) is 27.9 Å². The zero-order chi connectivity index (χ0) is 15.0. The molecule has 0 spiro atoms. The van der Waals surface area contributed by atoms with Gasteiger partial charge in [0.2, 0.25) is 5.91 Å². The molecule has 0 saturated carbocycles. The molecule has 0 aliphatic carbocycles. The third-order valence-corrected chi connectivity index (χ3v) is 4.30. The van der Waals surface area contributed by atoms with Gasteiger partial charge in [-0.25, -0.2) is 4.90 Å². The van der Waals surface area contributed by atoms with Crippen molar-refractivity contribution < 1.29 is 14.3 Å². The molecule has 2 heterocycles. The van der Waals surface area contributed by atoms with Crippen molar-refractivity contribution in [3.63, 3.8) is 0 Å². The van der Waals surface area contributed by atoms with Crippen molar-refractivity contribution in [1.29, 1.82) is 0 Å². The van der Waals surface area contributed by atoms with Crippen molar-refractivity contribution in [3.05, 3.63) is 28.2 Å². The van der Waals surface area contributed by atoms with E-state index < -0.39 is 6.04 Å². The number of benzene rings is 1. The second-order valence-corrected chi connectivity index (χ2v) is 5.88. The zero-order valence-electron chi connectivity index (χ0n) is 11.2. The number of morpholine rings is 1. The SMILES string of the molecule is O=C1C[C@@H](N2CCOCC2)C(=O)N1c1ccc(Cl)cc1Cl. The van der Waals surface area contributed by atoms with Crippen LogP contribution >= 0.6 is 23.2 Å². The van der Waals surface area contributed by atoms with Crippen LogP contribution < -0.4 is 4.90 Å². The fraction of sp³-hybridized carbons (Fsp3) is 0.429. The van der Waals surface area contributed by atoms with Crippen LogP contribution in [0.3, 0.4) is 0 Å². The summed E-state index contributed by atoms with van der Waals surface area (Å²) in [5.74, 6) is -0.466. The number of nitrogens with zero attached hydrogens (tertiary/aromatic N) is 2. The molecule has 1 atom stereocenters. The van der Waals surface area contributed by atoms with E-state index in [1.54, 1.807) is 12.1 Å². The lowest BCUT2D eigenvalue weighted by molar-refractivity contribution is -0.123. The summed E-state index contributed by atoms with van der Waals surface area (Å²) in [7, 11) is 0. The second kappa shape index (κ2) is 5.93. The summed E-state index contributed by atoms with van der Waals surface area (Å²) in [5, 5.41) is 0.763. The maximum absolute atomic E-state index is 12.6. The maximum atomic E-state index is 12.6. The van der Waals surface area contributed by atoms with E-state index in [0.717, 1.165) is 0 Å². The average molecular weight is 329 g/mol. The maximum Gasteiger partial charge on any atom is 0.251 e.